The first-order valence-electron chi connectivity index (χ1n) is 16.4. The molecular weight excluding hydrogens is 563 g/mol. The summed E-state index contributed by atoms with van der Waals surface area (Å²) in [6.45, 7) is 6.41. The number of fused-ring (bicyclic) bond motifs is 1. The summed E-state index contributed by atoms with van der Waals surface area (Å²) in [5.41, 5.74) is 6.54. The van der Waals surface area contributed by atoms with E-state index in [1.807, 2.05) is 66.7 Å². The van der Waals surface area contributed by atoms with Gasteiger partial charge >= 0.3 is 6.85 Å². The molecule has 6 rings (SSSR count). The molecule has 0 aromatic heterocycles. The molecule has 0 spiro atoms. The van der Waals surface area contributed by atoms with Crippen molar-refractivity contribution in [3.63, 3.8) is 0 Å². The quantitative estimate of drug-likeness (QED) is 0.107. The van der Waals surface area contributed by atoms with E-state index in [-0.39, 0.29) is 12.6 Å². The molecule has 0 amide bonds. The standard InChI is InChI=1S/C41H39BN2O2/c1-3-5-29-43(30-6-4-2)36-26-23-32(24-27-36)21-22-33-25-28-39(45)37(31-33)41-44(38-19-13-14-20-40(38)46-41)42(34-15-9-7-10-16-34)35-17-11-8-12-18-35/h7-20,23-28,31H,3-6,29-30H2,1-2H3. The van der Waals surface area contributed by atoms with Crippen LogP contribution in [-0.4, -0.2) is 25.7 Å². The highest BCUT2D eigenvalue weighted by Gasteiger charge is 2.39. The molecule has 0 atom stereocenters. The highest BCUT2D eigenvalue weighted by Crippen LogP contribution is 2.41. The minimum absolute atomic E-state index is 0.109. The molecule has 4 aromatic carbocycles. The predicted molar refractivity (Wildman–Crippen MR) is 192 cm³/mol. The highest BCUT2D eigenvalue weighted by molar-refractivity contribution is 6.88. The zero-order valence-electron chi connectivity index (χ0n) is 26.7. The van der Waals surface area contributed by atoms with Crippen molar-refractivity contribution >= 4 is 34.9 Å². The maximum absolute atomic E-state index is 13.5. The Morgan fingerprint density at radius 1 is 0.717 bits per heavy atom. The minimum atomic E-state index is -0.206. The Morgan fingerprint density at radius 2 is 1.33 bits per heavy atom. The smallest absolute Gasteiger partial charge is 0.331 e. The molecule has 2 aliphatic rings. The fraction of sp³-hybridized carbons (Fsp3) is 0.195. The lowest BCUT2D eigenvalue weighted by Crippen LogP contribution is -2.56. The number of benzene rings is 4. The van der Waals surface area contributed by atoms with Crippen LogP contribution in [-0.2, 0) is 4.79 Å². The maximum Gasteiger partial charge on any atom is 0.331 e. The fourth-order valence-corrected chi connectivity index (χ4v) is 5.95. The molecule has 0 unspecified atom stereocenters. The lowest BCUT2D eigenvalue weighted by Gasteiger charge is -2.28. The molecule has 1 aliphatic heterocycles. The number of rotatable bonds is 10. The molecule has 0 bridgehead atoms. The van der Waals surface area contributed by atoms with Crippen molar-refractivity contribution in [3.8, 4) is 17.6 Å². The molecule has 0 saturated carbocycles. The van der Waals surface area contributed by atoms with Crippen LogP contribution in [0, 0.1) is 11.8 Å². The Bertz CT molecular complexity index is 1770. The Morgan fingerprint density at radius 3 is 1.96 bits per heavy atom. The topological polar surface area (TPSA) is 32.8 Å². The number of carbonyl (C=O) groups is 1. The van der Waals surface area contributed by atoms with Gasteiger partial charge in [0.1, 0.15) is 0 Å². The van der Waals surface area contributed by atoms with Gasteiger partial charge in [0.2, 0.25) is 0 Å². The van der Waals surface area contributed by atoms with Gasteiger partial charge in [-0.1, -0.05) is 122 Å². The van der Waals surface area contributed by atoms with Gasteiger partial charge in [0.15, 0.2) is 17.4 Å². The Kier molecular flexibility index (Phi) is 9.86. The van der Waals surface area contributed by atoms with Gasteiger partial charge in [0.05, 0.1) is 11.3 Å². The second-order valence-electron chi connectivity index (χ2n) is 11.7. The van der Waals surface area contributed by atoms with Gasteiger partial charge in [-0.2, -0.15) is 0 Å². The summed E-state index contributed by atoms with van der Waals surface area (Å²) in [6, 6.07) is 37.2. The maximum atomic E-state index is 13.5. The zero-order valence-corrected chi connectivity index (χ0v) is 26.7. The van der Waals surface area contributed by atoms with Crippen molar-refractivity contribution < 1.29 is 9.53 Å². The molecular formula is C41H39BN2O2. The molecule has 1 heterocycles. The first-order valence-corrected chi connectivity index (χ1v) is 16.4. The monoisotopic (exact) mass is 602 g/mol. The minimum Gasteiger partial charge on any atom is -0.439 e. The van der Waals surface area contributed by atoms with Gasteiger partial charge in [-0.15, -0.1) is 0 Å². The summed E-state index contributed by atoms with van der Waals surface area (Å²) >= 11 is 0. The summed E-state index contributed by atoms with van der Waals surface area (Å²) < 4.78 is 6.51. The van der Waals surface area contributed by atoms with E-state index < -0.39 is 0 Å². The Balaban J connectivity index is 1.36. The van der Waals surface area contributed by atoms with Gasteiger partial charge in [0.25, 0.3) is 0 Å². The van der Waals surface area contributed by atoms with Crippen LogP contribution in [0.3, 0.4) is 0 Å². The number of hydrogen-bond donors (Lipinski definition) is 0. The molecule has 0 N–H and O–H groups in total. The average molecular weight is 603 g/mol. The third-order valence-corrected chi connectivity index (χ3v) is 8.40. The summed E-state index contributed by atoms with van der Waals surface area (Å²) in [4.78, 5) is 18.1. The molecule has 0 fully saturated rings. The van der Waals surface area contributed by atoms with E-state index >= 15 is 0 Å². The van der Waals surface area contributed by atoms with E-state index in [0.717, 1.165) is 46.6 Å². The Labute approximate surface area is 273 Å². The first-order chi connectivity index (χ1) is 22.7. The number of ether oxygens (including phenoxy) is 1. The largest absolute Gasteiger partial charge is 0.439 e. The first kappa shape index (κ1) is 30.8. The third-order valence-electron chi connectivity index (χ3n) is 8.40. The molecule has 5 heteroatoms. The van der Waals surface area contributed by atoms with Crippen LogP contribution < -0.4 is 25.4 Å². The average Bonchev–Trinajstić information content (AvgIpc) is 3.48. The highest BCUT2D eigenvalue weighted by atomic mass is 16.5. The van der Waals surface area contributed by atoms with Crippen molar-refractivity contribution in [1.29, 1.82) is 0 Å². The van der Waals surface area contributed by atoms with Gasteiger partial charge in [-0.05, 0) is 67.5 Å². The second-order valence-corrected chi connectivity index (χ2v) is 11.7. The summed E-state index contributed by atoms with van der Waals surface area (Å²) in [6.07, 6.45) is 10.00. The van der Waals surface area contributed by atoms with Crippen LogP contribution in [0.25, 0.3) is 0 Å². The molecule has 4 aromatic rings. The van der Waals surface area contributed by atoms with Crippen molar-refractivity contribution in [2.24, 2.45) is 0 Å². The van der Waals surface area contributed by atoms with E-state index in [4.69, 9.17) is 4.74 Å². The lowest BCUT2D eigenvalue weighted by atomic mass is 9.49. The van der Waals surface area contributed by atoms with Gasteiger partial charge < -0.3 is 14.4 Å². The number of allylic oxidation sites excluding steroid dienone is 5. The van der Waals surface area contributed by atoms with Crippen molar-refractivity contribution in [1.82, 2.24) is 0 Å². The van der Waals surface area contributed by atoms with Crippen LogP contribution in [0.15, 0.2) is 144 Å². The van der Waals surface area contributed by atoms with Gasteiger partial charge in [0, 0.05) is 29.9 Å². The lowest BCUT2D eigenvalue weighted by molar-refractivity contribution is -0.111. The van der Waals surface area contributed by atoms with Gasteiger partial charge in [-0.25, -0.2) is 0 Å². The van der Waals surface area contributed by atoms with E-state index in [9.17, 15) is 4.79 Å². The van der Waals surface area contributed by atoms with Gasteiger partial charge in [-0.3, -0.25) is 4.79 Å². The molecule has 1 aliphatic carbocycles. The number of unbranched alkanes of at least 4 members (excludes halogenated alkanes) is 2. The van der Waals surface area contributed by atoms with Crippen LogP contribution in [0.1, 0.15) is 45.1 Å². The third kappa shape index (κ3) is 6.87. The van der Waals surface area contributed by atoms with Crippen LogP contribution in [0.5, 0.6) is 5.75 Å². The Hall–Kier alpha value is -5.21. The van der Waals surface area contributed by atoms with Crippen LogP contribution in [0.2, 0.25) is 0 Å². The molecule has 228 valence electrons. The van der Waals surface area contributed by atoms with E-state index in [2.05, 4.69) is 83.9 Å². The number of ketones is 1. The zero-order chi connectivity index (χ0) is 31.7. The summed E-state index contributed by atoms with van der Waals surface area (Å²) in [5.74, 6) is 7.75. The van der Waals surface area contributed by atoms with Crippen molar-refractivity contribution in [2.75, 3.05) is 22.8 Å². The number of anilines is 2. The van der Waals surface area contributed by atoms with E-state index in [1.54, 1.807) is 12.2 Å². The number of carbonyl (C=O) groups excluding carboxylic acids is 1. The normalized spacial score (nSPS) is 15.0. The summed E-state index contributed by atoms with van der Waals surface area (Å²) in [7, 11) is 0. The van der Waals surface area contributed by atoms with Crippen molar-refractivity contribution in [2.45, 2.75) is 39.5 Å². The second kappa shape index (κ2) is 14.7. The van der Waals surface area contributed by atoms with Crippen LogP contribution >= 0.6 is 0 Å². The van der Waals surface area contributed by atoms with Crippen LogP contribution in [0.4, 0.5) is 11.4 Å². The number of nitrogens with zero attached hydrogens (tertiary/aromatic N) is 2. The summed E-state index contributed by atoms with van der Waals surface area (Å²) in [5, 5.41) is 0. The molecule has 4 nitrogen and oxygen atoms in total. The predicted octanol–water partition coefficient (Wildman–Crippen LogP) is 7.43. The van der Waals surface area contributed by atoms with Crippen molar-refractivity contribution in [3.05, 3.63) is 150 Å². The van der Waals surface area contributed by atoms with E-state index in [0.29, 0.717) is 11.5 Å². The molecule has 46 heavy (non-hydrogen) atoms. The molecule has 0 radical (unpaired) electrons. The SMILES string of the molecule is CCCCN(CCCC)c1ccc(C#CC2=CC(=C3Oc4ccccc4N3B(c3ccccc3)c3ccccc3)C(=O)C=C2)cc1. The number of para-hydroxylation sites is 2. The van der Waals surface area contributed by atoms with E-state index in [1.165, 1.54) is 31.4 Å². The fourth-order valence-electron chi connectivity index (χ4n) is 5.95. The number of hydrogen-bond acceptors (Lipinski definition) is 4. The molecule has 0 saturated heterocycles.